The van der Waals surface area contributed by atoms with Crippen molar-refractivity contribution in [1.29, 1.82) is 0 Å². The van der Waals surface area contributed by atoms with Crippen LogP contribution in [0.1, 0.15) is 11.1 Å². The van der Waals surface area contributed by atoms with Gasteiger partial charge in [-0.2, -0.15) is 0 Å². The maximum atomic E-state index is 13.2. The molecule has 0 aliphatic carbocycles. The highest BCUT2D eigenvalue weighted by Crippen LogP contribution is 2.21. The number of rotatable bonds is 5. The molecule has 0 saturated carbocycles. The number of hydrogen-bond donors (Lipinski definition) is 1. The average Bonchev–Trinajstić information content (AvgIpc) is 2.43. The largest absolute Gasteiger partial charge is 0.496 e. The Labute approximate surface area is 126 Å². The topological polar surface area (TPSA) is 29.5 Å². The molecular formula is C16H16BrFO2. The van der Waals surface area contributed by atoms with Crippen molar-refractivity contribution < 1.29 is 14.2 Å². The van der Waals surface area contributed by atoms with E-state index in [2.05, 4.69) is 15.9 Å². The summed E-state index contributed by atoms with van der Waals surface area (Å²) in [4.78, 5) is 0. The van der Waals surface area contributed by atoms with Gasteiger partial charge in [0.15, 0.2) is 0 Å². The smallest absolute Gasteiger partial charge is 0.137 e. The van der Waals surface area contributed by atoms with Gasteiger partial charge >= 0.3 is 0 Å². The molecule has 2 rings (SSSR count). The van der Waals surface area contributed by atoms with Gasteiger partial charge in [-0.15, -0.1) is 0 Å². The third kappa shape index (κ3) is 3.81. The number of ether oxygens (including phenoxy) is 1. The van der Waals surface area contributed by atoms with E-state index in [4.69, 9.17) is 4.74 Å². The Morgan fingerprint density at radius 3 is 2.65 bits per heavy atom. The lowest BCUT2D eigenvalue weighted by Crippen LogP contribution is -2.14. The first-order valence-corrected chi connectivity index (χ1v) is 7.13. The lowest BCUT2D eigenvalue weighted by molar-refractivity contribution is 0.174. The second-order valence-electron chi connectivity index (χ2n) is 4.62. The minimum atomic E-state index is -0.538. The normalized spacial score (nSPS) is 12.2. The van der Waals surface area contributed by atoms with Gasteiger partial charge in [-0.25, -0.2) is 4.39 Å². The Hall–Kier alpha value is -1.39. The van der Waals surface area contributed by atoms with Crippen molar-refractivity contribution >= 4 is 15.9 Å². The molecule has 2 aromatic carbocycles. The molecule has 0 spiro atoms. The Morgan fingerprint density at radius 2 is 1.95 bits per heavy atom. The number of halogens is 2. The number of hydrogen-bond acceptors (Lipinski definition) is 2. The van der Waals surface area contributed by atoms with Crippen LogP contribution in [0.4, 0.5) is 4.39 Å². The average molecular weight is 339 g/mol. The van der Waals surface area contributed by atoms with Crippen LogP contribution in [0.3, 0.4) is 0 Å². The van der Waals surface area contributed by atoms with E-state index < -0.39 is 6.10 Å². The van der Waals surface area contributed by atoms with Crippen molar-refractivity contribution in [2.24, 2.45) is 0 Å². The predicted molar refractivity (Wildman–Crippen MR) is 80.5 cm³/mol. The van der Waals surface area contributed by atoms with Crippen molar-refractivity contribution in [3.05, 3.63) is 63.9 Å². The van der Waals surface area contributed by atoms with Crippen LogP contribution in [0.2, 0.25) is 0 Å². The van der Waals surface area contributed by atoms with Crippen LogP contribution in [-0.4, -0.2) is 18.3 Å². The number of methoxy groups -OCH3 is 1. The third-order valence-corrected chi connectivity index (χ3v) is 3.71. The number of para-hydroxylation sites is 1. The SMILES string of the molecule is COc1ccccc1CC(O)Cc1ccc(F)c(Br)c1. The number of aliphatic hydroxyl groups is 1. The van der Waals surface area contributed by atoms with Crippen molar-refractivity contribution in [2.45, 2.75) is 18.9 Å². The molecule has 1 N–H and O–H groups in total. The van der Waals surface area contributed by atoms with Crippen LogP contribution in [0.5, 0.6) is 5.75 Å². The van der Waals surface area contributed by atoms with E-state index >= 15 is 0 Å². The van der Waals surface area contributed by atoms with E-state index in [0.29, 0.717) is 17.3 Å². The van der Waals surface area contributed by atoms with Crippen LogP contribution >= 0.6 is 15.9 Å². The molecule has 1 atom stereocenters. The summed E-state index contributed by atoms with van der Waals surface area (Å²) in [5.74, 6) is 0.472. The lowest BCUT2D eigenvalue weighted by Gasteiger charge is -2.13. The maximum absolute atomic E-state index is 13.2. The molecule has 4 heteroatoms. The molecule has 0 bridgehead atoms. The molecule has 0 fully saturated rings. The fourth-order valence-corrected chi connectivity index (χ4v) is 2.56. The molecule has 1 unspecified atom stereocenters. The van der Waals surface area contributed by atoms with Gasteiger partial charge in [0, 0.05) is 6.42 Å². The summed E-state index contributed by atoms with van der Waals surface area (Å²) in [6.07, 6.45) is 0.430. The Balaban J connectivity index is 2.05. The summed E-state index contributed by atoms with van der Waals surface area (Å²) in [5, 5.41) is 10.2. The highest BCUT2D eigenvalue weighted by atomic mass is 79.9. The van der Waals surface area contributed by atoms with E-state index in [9.17, 15) is 9.50 Å². The Bertz CT molecular complexity index is 586. The van der Waals surface area contributed by atoms with Gasteiger partial charge in [0.1, 0.15) is 11.6 Å². The first kappa shape index (κ1) is 15.0. The van der Waals surface area contributed by atoms with E-state index in [0.717, 1.165) is 16.9 Å². The molecular weight excluding hydrogens is 323 g/mol. The highest BCUT2D eigenvalue weighted by molar-refractivity contribution is 9.10. The number of aliphatic hydroxyl groups excluding tert-OH is 1. The van der Waals surface area contributed by atoms with E-state index in [1.165, 1.54) is 6.07 Å². The molecule has 0 heterocycles. The predicted octanol–water partition coefficient (Wildman–Crippen LogP) is 3.74. The molecule has 2 aromatic rings. The first-order chi connectivity index (χ1) is 9.60. The lowest BCUT2D eigenvalue weighted by atomic mass is 10.0. The molecule has 0 aliphatic heterocycles. The second kappa shape index (κ2) is 6.86. The van der Waals surface area contributed by atoms with Gasteiger partial charge in [0.25, 0.3) is 0 Å². The summed E-state index contributed by atoms with van der Waals surface area (Å²) in [5.41, 5.74) is 1.85. The van der Waals surface area contributed by atoms with Gasteiger partial charge in [0.2, 0.25) is 0 Å². The standard InChI is InChI=1S/C16H16BrFO2/c1-20-16-5-3-2-4-12(16)10-13(19)8-11-6-7-15(18)14(17)9-11/h2-7,9,13,19H,8,10H2,1H3. The minimum Gasteiger partial charge on any atom is -0.496 e. The first-order valence-electron chi connectivity index (χ1n) is 6.34. The zero-order valence-electron chi connectivity index (χ0n) is 11.1. The fourth-order valence-electron chi connectivity index (χ4n) is 2.14. The zero-order chi connectivity index (χ0) is 14.5. The van der Waals surface area contributed by atoms with Crippen molar-refractivity contribution in [2.75, 3.05) is 7.11 Å². The molecule has 0 radical (unpaired) electrons. The number of benzene rings is 2. The van der Waals surface area contributed by atoms with E-state index in [1.54, 1.807) is 19.2 Å². The molecule has 0 aliphatic rings. The van der Waals surface area contributed by atoms with Gasteiger partial charge < -0.3 is 9.84 Å². The summed E-state index contributed by atoms with van der Waals surface area (Å²) in [7, 11) is 1.61. The highest BCUT2D eigenvalue weighted by Gasteiger charge is 2.11. The molecule has 0 amide bonds. The summed E-state index contributed by atoms with van der Waals surface area (Å²) >= 11 is 3.15. The Kier molecular flexibility index (Phi) is 5.15. The van der Waals surface area contributed by atoms with Crippen molar-refractivity contribution in [3.8, 4) is 5.75 Å². The quantitative estimate of drug-likeness (QED) is 0.899. The monoisotopic (exact) mass is 338 g/mol. The maximum Gasteiger partial charge on any atom is 0.137 e. The van der Waals surface area contributed by atoms with Crippen LogP contribution in [0, 0.1) is 5.82 Å². The molecule has 106 valence electrons. The van der Waals surface area contributed by atoms with Gasteiger partial charge in [-0.3, -0.25) is 0 Å². The second-order valence-corrected chi connectivity index (χ2v) is 5.48. The summed E-state index contributed by atoms with van der Waals surface area (Å²) in [6, 6.07) is 12.4. The van der Waals surface area contributed by atoms with Crippen molar-refractivity contribution in [3.63, 3.8) is 0 Å². The van der Waals surface area contributed by atoms with Crippen molar-refractivity contribution in [1.82, 2.24) is 0 Å². The Morgan fingerprint density at radius 1 is 1.20 bits per heavy atom. The zero-order valence-corrected chi connectivity index (χ0v) is 12.7. The minimum absolute atomic E-state index is 0.298. The van der Waals surface area contributed by atoms with Gasteiger partial charge in [-0.1, -0.05) is 24.3 Å². The van der Waals surface area contributed by atoms with Crippen LogP contribution < -0.4 is 4.74 Å². The van der Waals surface area contributed by atoms with E-state index in [1.807, 2.05) is 24.3 Å². The van der Waals surface area contributed by atoms with Gasteiger partial charge in [-0.05, 0) is 51.7 Å². The van der Waals surface area contributed by atoms with Crippen LogP contribution in [0.25, 0.3) is 0 Å². The molecule has 2 nitrogen and oxygen atoms in total. The summed E-state index contributed by atoms with van der Waals surface area (Å²) in [6.45, 7) is 0. The molecule has 20 heavy (non-hydrogen) atoms. The van der Waals surface area contributed by atoms with Crippen LogP contribution in [-0.2, 0) is 12.8 Å². The third-order valence-electron chi connectivity index (χ3n) is 3.10. The molecule has 0 aromatic heterocycles. The van der Waals surface area contributed by atoms with Gasteiger partial charge in [0.05, 0.1) is 17.7 Å². The molecule has 0 saturated heterocycles. The fraction of sp³-hybridized carbons (Fsp3) is 0.250. The van der Waals surface area contributed by atoms with Crippen LogP contribution in [0.15, 0.2) is 46.9 Å². The summed E-state index contributed by atoms with van der Waals surface area (Å²) < 4.78 is 18.8. The van der Waals surface area contributed by atoms with E-state index in [-0.39, 0.29) is 5.82 Å².